The number of likely N-dealkylation sites (N-methyl/N-ethyl adjacent to an activating group) is 1. The van der Waals surface area contributed by atoms with E-state index < -0.39 is 10.8 Å². The van der Waals surface area contributed by atoms with Gasteiger partial charge < -0.3 is 15.5 Å². The number of amides is 1. The number of nitrogens with zero attached hydrogens (tertiary/aromatic N) is 3. The molecule has 2 N–H and O–H groups in total. The Hall–Kier alpha value is -2.63. The smallest absolute Gasteiger partial charge is 0.271 e. The Morgan fingerprint density at radius 3 is 2.68 bits per heavy atom. The lowest BCUT2D eigenvalue weighted by molar-refractivity contribution is -0.384. The molecule has 0 radical (unpaired) electrons. The molecular weight excluding hydrogens is 346 g/mol. The summed E-state index contributed by atoms with van der Waals surface area (Å²) in [5.41, 5.74) is -0.285. The van der Waals surface area contributed by atoms with Crippen LogP contribution in [-0.4, -0.2) is 41.9 Å². The van der Waals surface area contributed by atoms with E-state index in [1.807, 2.05) is 0 Å². The van der Waals surface area contributed by atoms with Crippen molar-refractivity contribution in [2.24, 2.45) is 0 Å². The van der Waals surface area contributed by atoms with Crippen molar-refractivity contribution >= 4 is 28.9 Å². The van der Waals surface area contributed by atoms with Gasteiger partial charge in [0.15, 0.2) is 0 Å². The lowest BCUT2D eigenvalue weighted by Crippen LogP contribution is -2.30. The first-order valence-electron chi connectivity index (χ1n) is 7.74. The highest BCUT2D eigenvalue weighted by molar-refractivity contribution is 6.34. The minimum atomic E-state index is -0.694. The molecule has 8 nitrogen and oxygen atoms in total. The van der Waals surface area contributed by atoms with Crippen molar-refractivity contribution < 1.29 is 9.72 Å². The van der Waals surface area contributed by atoms with Crippen molar-refractivity contribution in [1.29, 1.82) is 5.26 Å². The van der Waals surface area contributed by atoms with Gasteiger partial charge in [0.1, 0.15) is 11.6 Å². The molecular formula is C16H20ClN5O3. The molecule has 0 fully saturated rings. The summed E-state index contributed by atoms with van der Waals surface area (Å²) in [4.78, 5) is 24.5. The SMILES string of the molecule is CCN(CC)CCN/C=C(/C#N)C(=O)Nc1cc([N+](=O)[O-])ccc1Cl. The summed E-state index contributed by atoms with van der Waals surface area (Å²) in [5.74, 6) is -0.694. The molecule has 0 spiro atoms. The van der Waals surface area contributed by atoms with Crippen LogP contribution in [0.25, 0.3) is 0 Å². The molecule has 9 heteroatoms. The lowest BCUT2D eigenvalue weighted by Gasteiger charge is -2.17. The van der Waals surface area contributed by atoms with E-state index in [0.29, 0.717) is 6.54 Å². The van der Waals surface area contributed by atoms with Crippen molar-refractivity contribution in [3.8, 4) is 6.07 Å². The molecule has 0 aliphatic heterocycles. The van der Waals surface area contributed by atoms with Gasteiger partial charge >= 0.3 is 0 Å². The molecule has 1 amide bonds. The number of hydrogen-bond donors (Lipinski definition) is 2. The number of benzene rings is 1. The largest absolute Gasteiger partial charge is 0.388 e. The summed E-state index contributed by atoms with van der Waals surface area (Å²) >= 11 is 5.93. The molecule has 134 valence electrons. The van der Waals surface area contributed by atoms with Crippen molar-refractivity contribution in [3.63, 3.8) is 0 Å². The van der Waals surface area contributed by atoms with Crippen LogP contribution in [0, 0.1) is 21.4 Å². The molecule has 1 rings (SSSR count). The molecule has 25 heavy (non-hydrogen) atoms. The summed E-state index contributed by atoms with van der Waals surface area (Å²) < 4.78 is 0. The number of carbonyl (C=O) groups is 1. The Morgan fingerprint density at radius 2 is 2.12 bits per heavy atom. The maximum absolute atomic E-state index is 12.1. The minimum absolute atomic E-state index is 0.0742. The monoisotopic (exact) mass is 365 g/mol. The van der Waals surface area contributed by atoms with Gasteiger partial charge in [0.05, 0.1) is 15.6 Å². The van der Waals surface area contributed by atoms with E-state index in [4.69, 9.17) is 16.9 Å². The van der Waals surface area contributed by atoms with E-state index in [-0.39, 0.29) is 22.0 Å². The van der Waals surface area contributed by atoms with Crippen LogP contribution in [0.2, 0.25) is 5.02 Å². The van der Waals surface area contributed by atoms with Gasteiger partial charge in [0, 0.05) is 31.4 Å². The van der Waals surface area contributed by atoms with Crippen LogP contribution in [0.5, 0.6) is 0 Å². The molecule has 1 aromatic rings. The van der Waals surface area contributed by atoms with Crippen LogP contribution in [-0.2, 0) is 4.79 Å². The van der Waals surface area contributed by atoms with Gasteiger partial charge in [-0.25, -0.2) is 0 Å². The van der Waals surface area contributed by atoms with Gasteiger partial charge in [0.25, 0.3) is 11.6 Å². The van der Waals surface area contributed by atoms with E-state index in [0.717, 1.165) is 25.7 Å². The van der Waals surface area contributed by atoms with Crippen LogP contribution < -0.4 is 10.6 Å². The Morgan fingerprint density at radius 1 is 1.44 bits per heavy atom. The van der Waals surface area contributed by atoms with Crippen LogP contribution >= 0.6 is 11.6 Å². The van der Waals surface area contributed by atoms with Crippen LogP contribution in [0.3, 0.4) is 0 Å². The van der Waals surface area contributed by atoms with Crippen molar-refractivity contribution in [3.05, 3.63) is 45.1 Å². The van der Waals surface area contributed by atoms with E-state index >= 15 is 0 Å². The molecule has 0 bridgehead atoms. The van der Waals surface area contributed by atoms with Gasteiger partial charge in [-0.2, -0.15) is 5.26 Å². The third-order valence-electron chi connectivity index (χ3n) is 3.49. The number of hydrogen-bond acceptors (Lipinski definition) is 6. The Kier molecular flexibility index (Phi) is 8.39. The Balaban J connectivity index is 2.74. The molecule has 0 aromatic heterocycles. The van der Waals surface area contributed by atoms with Crippen molar-refractivity contribution in [2.75, 3.05) is 31.5 Å². The first-order chi connectivity index (χ1) is 11.9. The first-order valence-corrected chi connectivity index (χ1v) is 8.12. The molecule has 0 heterocycles. The molecule has 1 aromatic carbocycles. The highest BCUT2D eigenvalue weighted by atomic mass is 35.5. The molecule has 0 aliphatic carbocycles. The molecule has 0 saturated heterocycles. The quantitative estimate of drug-likeness (QED) is 0.229. The van der Waals surface area contributed by atoms with E-state index in [1.165, 1.54) is 18.3 Å². The molecule has 0 saturated carbocycles. The van der Waals surface area contributed by atoms with Gasteiger partial charge in [-0.1, -0.05) is 25.4 Å². The number of rotatable bonds is 9. The van der Waals surface area contributed by atoms with Gasteiger partial charge in [-0.05, 0) is 19.2 Å². The highest BCUT2D eigenvalue weighted by Gasteiger charge is 2.14. The molecule has 0 unspecified atom stereocenters. The number of nitriles is 1. The van der Waals surface area contributed by atoms with Crippen LogP contribution in [0.15, 0.2) is 30.0 Å². The fourth-order valence-electron chi connectivity index (χ4n) is 2.00. The normalized spacial score (nSPS) is 11.1. The second-order valence-corrected chi connectivity index (χ2v) is 5.43. The van der Waals surface area contributed by atoms with Crippen molar-refractivity contribution in [1.82, 2.24) is 10.2 Å². The lowest BCUT2D eigenvalue weighted by atomic mass is 10.2. The molecule has 0 aliphatic rings. The number of carbonyl (C=O) groups excluding carboxylic acids is 1. The number of nitrogens with one attached hydrogen (secondary N) is 2. The number of anilines is 1. The number of nitro groups is 1. The predicted octanol–water partition coefficient (Wildman–Crippen LogP) is 2.53. The fourth-order valence-corrected chi connectivity index (χ4v) is 2.16. The van der Waals surface area contributed by atoms with Gasteiger partial charge in [-0.3, -0.25) is 14.9 Å². The first kappa shape index (κ1) is 20.4. The topological polar surface area (TPSA) is 111 Å². The second-order valence-electron chi connectivity index (χ2n) is 5.03. The molecule has 0 atom stereocenters. The van der Waals surface area contributed by atoms with E-state index in [9.17, 15) is 14.9 Å². The highest BCUT2D eigenvalue weighted by Crippen LogP contribution is 2.26. The van der Waals surface area contributed by atoms with Gasteiger partial charge in [-0.15, -0.1) is 0 Å². The minimum Gasteiger partial charge on any atom is -0.388 e. The van der Waals surface area contributed by atoms with Crippen molar-refractivity contribution in [2.45, 2.75) is 13.8 Å². The number of nitro benzene ring substituents is 1. The average molecular weight is 366 g/mol. The van der Waals surface area contributed by atoms with E-state index in [1.54, 1.807) is 6.07 Å². The zero-order chi connectivity index (χ0) is 18.8. The third-order valence-corrected chi connectivity index (χ3v) is 3.82. The maximum Gasteiger partial charge on any atom is 0.271 e. The summed E-state index contributed by atoms with van der Waals surface area (Å²) in [6, 6.07) is 5.48. The number of non-ortho nitro benzene ring substituents is 1. The summed E-state index contributed by atoms with van der Waals surface area (Å²) in [6.07, 6.45) is 1.32. The van der Waals surface area contributed by atoms with E-state index in [2.05, 4.69) is 29.4 Å². The zero-order valence-corrected chi connectivity index (χ0v) is 14.8. The van der Waals surface area contributed by atoms with Crippen LogP contribution in [0.4, 0.5) is 11.4 Å². The van der Waals surface area contributed by atoms with Gasteiger partial charge in [0.2, 0.25) is 0 Å². The standard InChI is InChI=1S/C16H20ClN5O3/c1-3-21(4-2)8-7-19-11-12(10-18)16(23)20-15-9-13(22(24)25)5-6-14(15)17/h5-6,9,11,19H,3-4,7-8H2,1-2H3,(H,20,23)/b12-11-. The summed E-state index contributed by atoms with van der Waals surface area (Å²) in [7, 11) is 0. The average Bonchev–Trinajstić information content (AvgIpc) is 2.59. The summed E-state index contributed by atoms with van der Waals surface area (Å²) in [6.45, 7) is 7.29. The Bertz CT molecular complexity index is 696. The summed E-state index contributed by atoms with van der Waals surface area (Å²) in [5, 5.41) is 25.4. The third kappa shape index (κ3) is 6.41. The number of halogens is 1. The maximum atomic E-state index is 12.1. The predicted molar refractivity (Wildman–Crippen MR) is 96.2 cm³/mol. The second kappa shape index (κ2) is 10.3. The van der Waals surface area contributed by atoms with Crippen LogP contribution in [0.1, 0.15) is 13.8 Å². The zero-order valence-electron chi connectivity index (χ0n) is 14.1. The fraction of sp³-hybridized carbons (Fsp3) is 0.375. The Labute approximate surface area is 151 Å².